The zero-order valence-electron chi connectivity index (χ0n) is 11.4. The number of nitrogens with two attached hydrogens (primary N) is 1. The molecule has 1 aromatic rings. The molecule has 5 nitrogen and oxygen atoms in total. The molecular formula is C13H20N4OS. The zero-order valence-corrected chi connectivity index (χ0v) is 12.2. The SMILES string of the molecule is COCCN(c1nnccc1C(N)=S)C(C)C1CC1. The van der Waals surface area contributed by atoms with Crippen LogP contribution in [0, 0.1) is 5.92 Å². The smallest absolute Gasteiger partial charge is 0.161 e. The molecule has 0 aliphatic heterocycles. The lowest BCUT2D eigenvalue weighted by Gasteiger charge is -2.31. The molecule has 1 atom stereocenters. The molecule has 1 aliphatic rings. The molecule has 1 saturated carbocycles. The lowest BCUT2D eigenvalue weighted by Crippen LogP contribution is -2.39. The van der Waals surface area contributed by atoms with Crippen LogP contribution < -0.4 is 10.6 Å². The van der Waals surface area contributed by atoms with Gasteiger partial charge in [0.1, 0.15) is 4.99 Å². The second kappa shape index (κ2) is 6.25. The molecule has 104 valence electrons. The van der Waals surface area contributed by atoms with Gasteiger partial charge in [0.2, 0.25) is 0 Å². The van der Waals surface area contributed by atoms with Crippen molar-refractivity contribution in [2.45, 2.75) is 25.8 Å². The molecular weight excluding hydrogens is 260 g/mol. The molecule has 0 saturated heterocycles. The van der Waals surface area contributed by atoms with Crippen LogP contribution in [0.1, 0.15) is 25.3 Å². The third-order valence-corrected chi connectivity index (χ3v) is 3.79. The summed E-state index contributed by atoms with van der Waals surface area (Å²) in [5.74, 6) is 1.49. The van der Waals surface area contributed by atoms with E-state index in [4.69, 9.17) is 22.7 Å². The van der Waals surface area contributed by atoms with Gasteiger partial charge < -0.3 is 15.4 Å². The summed E-state index contributed by atoms with van der Waals surface area (Å²) in [5, 5.41) is 8.21. The highest BCUT2D eigenvalue weighted by molar-refractivity contribution is 7.80. The molecule has 0 aromatic carbocycles. The first-order chi connectivity index (χ1) is 9.15. The molecule has 0 bridgehead atoms. The molecule has 0 spiro atoms. The van der Waals surface area contributed by atoms with Gasteiger partial charge in [0.15, 0.2) is 5.82 Å². The van der Waals surface area contributed by atoms with E-state index in [-0.39, 0.29) is 0 Å². The van der Waals surface area contributed by atoms with Crippen molar-refractivity contribution in [1.29, 1.82) is 0 Å². The van der Waals surface area contributed by atoms with Gasteiger partial charge in [-0.25, -0.2) is 0 Å². The quantitative estimate of drug-likeness (QED) is 0.761. The fourth-order valence-corrected chi connectivity index (χ4v) is 2.41. The highest BCUT2D eigenvalue weighted by atomic mass is 32.1. The topological polar surface area (TPSA) is 64.3 Å². The van der Waals surface area contributed by atoms with Gasteiger partial charge in [0.05, 0.1) is 18.4 Å². The van der Waals surface area contributed by atoms with Crippen molar-refractivity contribution in [2.24, 2.45) is 11.7 Å². The highest BCUT2D eigenvalue weighted by Gasteiger charge is 2.33. The van der Waals surface area contributed by atoms with Gasteiger partial charge in [-0.2, -0.15) is 5.10 Å². The minimum absolute atomic E-state index is 0.357. The van der Waals surface area contributed by atoms with Crippen molar-refractivity contribution in [2.75, 3.05) is 25.2 Å². The standard InChI is InChI=1S/C13H20N4OS/c1-9(10-3-4-10)17(7-8-18-2)13-11(12(14)19)5-6-15-16-13/h5-6,9-10H,3-4,7-8H2,1-2H3,(H2,14,19). The van der Waals surface area contributed by atoms with E-state index in [0.29, 0.717) is 17.6 Å². The molecule has 6 heteroatoms. The average Bonchev–Trinajstić information content (AvgIpc) is 3.23. The summed E-state index contributed by atoms with van der Waals surface area (Å²) in [6.45, 7) is 3.62. The van der Waals surface area contributed by atoms with Crippen LogP contribution in [-0.4, -0.2) is 41.5 Å². The number of hydrogen-bond donors (Lipinski definition) is 1. The van der Waals surface area contributed by atoms with E-state index in [1.165, 1.54) is 12.8 Å². The molecule has 19 heavy (non-hydrogen) atoms. The number of ether oxygens (including phenoxy) is 1. The summed E-state index contributed by atoms with van der Waals surface area (Å²) in [6.07, 6.45) is 4.16. The maximum atomic E-state index is 5.78. The van der Waals surface area contributed by atoms with Crippen LogP contribution in [0.25, 0.3) is 0 Å². The molecule has 2 rings (SSSR count). The van der Waals surface area contributed by atoms with E-state index in [0.717, 1.165) is 23.8 Å². The van der Waals surface area contributed by atoms with E-state index in [9.17, 15) is 0 Å². The first kappa shape index (κ1) is 14.1. The fraction of sp³-hybridized carbons (Fsp3) is 0.615. The van der Waals surface area contributed by atoms with E-state index < -0.39 is 0 Å². The van der Waals surface area contributed by atoms with E-state index >= 15 is 0 Å². The van der Waals surface area contributed by atoms with Crippen molar-refractivity contribution in [1.82, 2.24) is 10.2 Å². The van der Waals surface area contributed by atoms with Crippen molar-refractivity contribution in [3.63, 3.8) is 0 Å². The zero-order chi connectivity index (χ0) is 13.8. The summed E-state index contributed by atoms with van der Waals surface area (Å²) in [7, 11) is 1.70. The van der Waals surface area contributed by atoms with Crippen molar-refractivity contribution >= 4 is 23.0 Å². The van der Waals surface area contributed by atoms with E-state index in [1.807, 2.05) is 6.07 Å². The molecule has 1 unspecified atom stereocenters. The number of aromatic nitrogens is 2. The van der Waals surface area contributed by atoms with Gasteiger partial charge >= 0.3 is 0 Å². The Morgan fingerprint density at radius 3 is 2.95 bits per heavy atom. The Morgan fingerprint density at radius 2 is 2.37 bits per heavy atom. The summed E-state index contributed by atoms with van der Waals surface area (Å²) >= 11 is 5.10. The number of anilines is 1. The Kier molecular flexibility index (Phi) is 4.66. The third-order valence-electron chi connectivity index (χ3n) is 3.57. The number of methoxy groups -OCH3 is 1. The van der Waals surface area contributed by atoms with Crippen LogP contribution in [0.2, 0.25) is 0 Å². The Morgan fingerprint density at radius 1 is 1.63 bits per heavy atom. The summed E-state index contributed by atoms with van der Waals surface area (Å²) in [4.78, 5) is 2.57. The van der Waals surface area contributed by atoms with Crippen LogP contribution in [0.4, 0.5) is 5.82 Å². The van der Waals surface area contributed by atoms with Gasteiger partial charge in [-0.1, -0.05) is 12.2 Å². The van der Waals surface area contributed by atoms with Gasteiger partial charge in [-0.3, -0.25) is 0 Å². The number of thiocarbonyl (C=S) groups is 1. The Labute approximate surface area is 119 Å². The number of rotatable bonds is 7. The molecule has 2 N–H and O–H groups in total. The third kappa shape index (κ3) is 3.39. The lowest BCUT2D eigenvalue weighted by atomic mass is 10.1. The monoisotopic (exact) mass is 280 g/mol. The second-order valence-electron chi connectivity index (χ2n) is 4.90. The van der Waals surface area contributed by atoms with Crippen LogP contribution in [-0.2, 0) is 4.74 Å². The summed E-state index contributed by atoms with van der Waals surface area (Å²) in [6, 6.07) is 2.23. The average molecular weight is 280 g/mol. The van der Waals surface area contributed by atoms with Crippen LogP contribution in [0.3, 0.4) is 0 Å². The predicted molar refractivity (Wildman–Crippen MR) is 79.3 cm³/mol. The van der Waals surface area contributed by atoms with Gasteiger partial charge in [-0.15, -0.1) is 5.10 Å². The highest BCUT2D eigenvalue weighted by Crippen LogP contribution is 2.36. The first-order valence-corrected chi connectivity index (χ1v) is 6.93. The molecule has 1 aromatic heterocycles. The van der Waals surface area contributed by atoms with Gasteiger partial charge in [0, 0.05) is 19.7 Å². The summed E-state index contributed by atoms with van der Waals surface area (Å²) in [5.41, 5.74) is 6.56. The van der Waals surface area contributed by atoms with Gasteiger partial charge in [-0.05, 0) is 31.7 Å². The Hall–Kier alpha value is -1.27. The normalized spacial score (nSPS) is 16.1. The molecule has 1 heterocycles. The molecule has 0 amide bonds. The van der Waals surface area contributed by atoms with Crippen molar-refractivity contribution in [3.05, 3.63) is 17.8 Å². The lowest BCUT2D eigenvalue weighted by molar-refractivity contribution is 0.202. The minimum Gasteiger partial charge on any atom is -0.389 e. The van der Waals surface area contributed by atoms with Crippen LogP contribution >= 0.6 is 12.2 Å². The van der Waals surface area contributed by atoms with Crippen LogP contribution in [0.15, 0.2) is 12.3 Å². The number of hydrogen-bond acceptors (Lipinski definition) is 5. The Bertz CT molecular complexity index is 450. The Balaban J connectivity index is 2.28. The minimum atomic E-state index is 0.357. The van der Waals surface area contributed by atoms with Crippen molar-refractivity contribution in [3.8, 4) is 0 Å². The number of nitrogens with zero attached hydrogens (tertiary/aromatic N) is 3. The largest absolute Gasteiger partial charge is 0.389 e. The fourth-order valence-electron chi connectivity index (χ4n) is 2.25. The van der Waals surface area contributed by atoms with E-state index in [2.05, 4.69) is 22.0 Å². The maximum Gasteiger partial charge on any atom is 0.161 e. The summed E-state index contributed by atoms with van der Waals surface area (Å²) < 4.78 is 5.19. The maximum absolute atomic E-state index is 5.78. The first-order valence-electron chi connectivity index (χ1n) is 6.52. The van der Waals surface area contributed by atoms with Crippen LogP contribution in [0.5, 0.6) is 0 Å². The van der Waals surface area contributed by atoms with Gasteiger partial charge in [0.25, 0.3) is 0 Å². The molecule has 0 radical (unpaired) electrons. The molecule has 1 aliphatic carbocycles. The van der Waals surface area contributed by atoms with E-state index in [1.54, 1.807) is 13.3 Å². The predicted octanol–water partition coefficient (Wildman–Crippen LogP) is 1.36. The second-order valence-corrected chi connectivity index (χ2v) is 5.34. The molecule has 1 fully saturated rings. The van der Waals surface area contributed by atoms with Crippen molar-refractivity contribution < 1.29 is 4.74 Å².